The van der Waals surface area contributed by atoms with Crippen LogP contribution in [0.25, 0.3) is 0 Å². The van der Waals surface area contributed by atoms with Gasteiger partial charge in [-0.05, 0) is 28.4 Å². The van der Waals surface area contributed by atoms with Crippen LogP contribution in [-0.2, 0) is 13.5 Å². The van der Waals surface area contributed by atoms with E-state index in [4.69, 9.17) is 0 Å². The van der Waals surface area contributed by atoms with Crippen LogP contribution >= 0.6 is 15.9 Å². The summed E-state index contributed by atoms with van der Waals surface area (Å²) >= 11 is 3.31. The molecule has 2 aromatic rings. The van der Waals surface area contributed by atoms with Gasteiger partial charge in [-0.1, -0.05) is 6.92 Å². The molecule has 0 atom stereocenters. The fourth-order valence-electron chi connectivity index (χ4n) is 1.66. The van der Waals surface area contributed by atoms with Gasteiger partial charge in [0.1, 0.15) is 0 Å². The molecular formula is C12H13BrN4O. The maximum atomic E-state index is 12.1. The highest BCUT2D eigenvalue weighted by atomic mass is 79.9. The van der Waals surface area contributed by atoms with Gasteiger partial charge >= 0.3 is 0 Å². The topological polar surface area (TPSA) is 59.8 Å². The summed E-state index contributed by atoms with van der Waals surface area (Å²) in [5.74, 6) is -0.167. The summed E-state index contributed by atoms with van der Waals surface area (Å²) < 4.78 is 2.47. The smallest absolute Gasteiger partial charge is 0.259 e. The molecule has 0 fully saturated rings. The summed E-state index contributed by atoms with van der Waals surface area (Å²) in [4.78, 5) is 16.1. The van der Waals surface area contributed by atoms with Crippen molar-refractivity contribution in [3.8, 4) is 0 Å². The van der Waals surface area contributed by atoms with Crippen LogP contribution in [0.2, 0.25) is 0 Å². The first-order valence-electron chi connectivity index (χ1n) is 5.54. The molecule has 5 nitrogen and oxygen atoms in total. The van der Waals surface area contributed by atoms with Gasteiger partial charge in [-0.2, -0.15) is 5.10 Å². The molecule has 1 amide bonds. The predicted octanol–water partition coefficient (Wildman–Crippen LogP) is 2.39. The molecule has 0 aliphatic heterocycles. The molecule has 2 rings (SSSR count). The Balaban J connectivity index is 2.21. The Morgan fingerprint density at radius 2 is 2.28 bits per heavy atom. The van der Waals surface area contributed by atoms with Gasteiger partial charge in [-0.25, -0.2) is 0 Å². The Hall–Kier alpha value is -1.69. The summed E-state index contributed by atoms with van der Waals surface area (Å²) in [6.07, 6.45) is 5.71. The van der Waals surface area contributed by atoms with E-state index in [-0.39, 0.29) is 5.91 Å². The number of anilines is 1. The minimum Gasteiger partial charge on any atom is -0.320 e. The van der Waals surface area contributed by atoms with Crippen LogP contribution in [-0.4, -0.2) is 20.7 Å². The van der Waals surface area contributed by atoms with Gasteiger partial charge in [0.05, 0.1) is 23.1 Å². The molecule has 0 radical (unpaired) electrons. The molecule has 0 spiro atoms. The molecule has 0 aliphatic rings. The van der Waals surface area contributed by atoms with Crippen molar-refractivity contribution in [2.75, 3.05) is 5.32 Å². The monoisotopic (exact) mass is 308 g/mol. The van der Waals surface area contributed by atoms with Crippen LogP contribution in [0, 0.1) is 0 Å². The zero-order valence-electron chi connectivity index (χ0n) is 10.1. The SMILES string of the molecule is CCc1nn(C)cc1C(=O)Nc1cncc(Br)c1. The van der Waals surface area contributed by atoms with Gasteiger partial charge in [0.25, 0.3) is 5.91 Å². The Kier molecular flexibility index (Phi) is 3.76. The average molecular weight is 309 g/mol. The fraction of sp³-hybridized carbons (Fsp3) is 0.250. The van der Waals surface area contributed by atoms with Gasteiger partial charge in [-0.15, -0.1) is 0 Å². The van der Waals surface area contributed by atoms with Gasteiger partial charge in [0.2, 0.25) is 0 Å². The maximum Gasteiger partial charge on any atom is 0.259 e. The van der Waals surface area contributed by atoms with Crippen molar-refractivity contribution in [3.63, 3.8) is 0 Å². The number of nitrogens with one attached hydrogen (secondary N) is 1. The van der Waals surface area contributed by atoms with E-state index < -0.39 is 0 Å². The van der Waals surface area contributed by atoms with Crippen molar-refractivity contribution in [2.45, 2.75) is 13.3 Å². The molecule has 1 N–H and O–H groups in total. The van der Waals surface area contributed by atoms with Crippen LogP contribution in [0.3, 0.4) is 0 Å². The number of aromatic nitrogens is 3. The summed E-state index contributed by atoms with van der Waals surface area (Å²) in [5, 5.41) is 7.04. The first kappa shape index (κ1) is 12.8. The minimum absolute atomic E-state index is 0.167. The number of nitrogens with zero attached hydrogens (tertiary/aromatic N) is 3. The van der Waals surface area contributed by atoms with E-state index >= 15 is 0 Å². The second-order valence-electron chi connectivity index (χ2n) is 3.86. The largest absolute Gasteiger partial charge is 0.320 e. The Bertz CT molecular complexity index is 579. The molecule has 94 valence electrons. The van der Waals surface area contributed by atoms with Gasteiger partial charge in [-0.3, -0.25) is 14.5 Å². The number of hydrogen-bond acceptors (Lipinski definition) is 3. The fourth-order valence-corrected chi connectivity index (χ4v) is 2.03. The van der Waals surface area contributed by atoms with Crippen molar-refractivity contribution in [1.29, 1.82) is 0 Å². The maximum absolute atomic E-state index is 12.1. The first-order valence-corrected chi connectivity index (χ1v) is 6.34. The van der Waals surface area contributed by atoms with Crippen molar-refractivity contribution in [1.82, 2.24) is 14.8 Å². The van der Waals surface area contributed by atoms with E-state index in [1.165, 1.54) is 0 Å². The molecule has 2 aromatic heterocycles. The highest BCUT2D eigenvalue weighted by molar-refractivity contribution is 9.10. The lowest BCUT2D eigenvalue weighted by Crippen LogP contribution is -2.13. The number of carbonyl (C=O) groups is 1. The summed E-state index contributed by atoms with van der Waals surface area (Å²) in [6.45, 7) is 1.97. The molecule has 0 saturated carbocycles. The van der Waals surface area contributed by atoms with E-state index in [1.807, 2.05) is 6.92 Å². The van der Waals surface area contributed by atoms with E-state index in [2.05, 4.69) is 31.3 Å². The third-order valence-electron chi connectivity index (χ3n) is 2.45. The predicted molar refractivity (Wildman–Crippen MR) is 72.5 cm³/mol. The molecule has 0 aromatic carbocycles. The molecule has 6 heteroatoms. The van der Waals surface area contributed by atoms with Crippen molar-refractivity contribution in [2.24, 2.45) is 7.05 Å². The third-order valence-corrected chi connectivity index (χ3v) is 2.88. The van der Waals surface area contributed by atoms with E-state index in [0.29, 0.717) is 11.3 Å². The quantitative estimate of drug-likeness (QED) is 0.947. The zero-order chi connectivity index (χ0) is 13.1. The number of aryl methyl sites for hydroxylation is 2. The third kappa shape index (κ3) is 2.76. The Labute approximate surface area is 113 Å². The van der Waals surface area contributed by atoms with Crippen LogP contribution < -0.4 is 5.32 Å². The standard InChI is InChI=1S/C12H13BrN4O/c1-3-11-10(7-17(2)16-11)12(18)15-9-4-8(13)5-14-6-9/h4-7H,3H2,1-2H3,(H,15,18). The van der Waals surface area contributed by atoms with Crippen LogP contribution in [0.4, 0.5) is 5.69 Å². The number of rotatable bonds is 3. The van der Waals surface area contributed by atoms with Crippen molar-refractivity contribution >= 4 is 27.5 Å². The van der Waals surface area contributed by atoms with E-state index in [9.17, 15) is 4.79 Å². The van der Waals surface area contributed by atoms with E-state index in [0.717, 1.165) is 16.6 Å². The van der Waals surface area contributed by atoms with Crippen LogP contribution in [0.1, 0.15) is 23.0 Å². The molecule has 18 heavy (non-hydrogen) atoms. The first-order chi connectivity index (χ1) is 8.60. The summed E-state index contributed by atoms with van der Waals surface area (Å²) in [5.41, 5.74) is 2.04. The van der Waals surface area contributed by atoms with Crippen LogP contribution in [0.15, 0.2) is 29.1 Å². The molecule has 0 bridgehead atoms. The Morgan fingerprint density at radius 1 is 1.50 bits per heavy atom. The summed E-state index contributed by atoms with van der Waals surface area (Å²) in [6, 6.07) is 1.80. The van der Waals surface area contributed by atoms with Gasteiger partial charge < -0.3 is 5.32 Å². The number of carbonyl (C=O) groups excluding carboxylic acids is 1. The average Bonchev–Trinajstić information content (AvgIpc) is 2.70. The second kappa shape index (κ2) is 5.30. The molecule has 0 unspecified atom stereocenters. The molecule has 0 saturated heterocycles. The lowest BCUT2D eigenvalue weighted by molar-refractivity contribution is 0.102. The minimum atomic E-state index is -0.167. The van der Waals surface area contributed by atoms with Crippen LogP contribution in [0.5, 0.6) is 0 Å². The van der Waals surface area contributed by atoms with Crippen molar-refractivity contribution < 1.29 is 4.79 Å². The van der Waals surface area contributed by atoms with Gasteiger partial charge in [0, 0.05) is 23.9 Å². The zero-order valence-corrected chi connectivity index (χ0v) is 11.7. The number of halogens is 1. The molecule has 2 heterocycles. The molecule has 0 aliphatic carbocycles. The lowest BCUT2D eigenvalue weighted by atomic mass is 10.2. The van der Waals surface area contributed by atoms with Gasteiger partial charge in [0.15, 0.2) is 0 Å². The normalized spacial score (nSPS) is 10.4. The number of amides is 1. The number of hydrogen-bond donors (Lipinski definition) is 1. The second-order valence-corrected chi connectivity index (χ2v) is 4.78. The highest BCUT2D eigenvalue weighted by Gasteiger charge is 2.14. The van der Waals surface area contributed by atoms with Crippen molar-refractivity contribution in [3.05, 3.63) is 40.4 Å². The Morgan fingerprint density at radius 3 is 2.94 bits per heavy atom. The highest BCUT2D eigenvalue weighted by Crippen LogP contribution is 2.15. The summed E-state index contributed by atoms with van der Waals surface area (Å²) in [7, 11) is 1.80. The van der Waals surface area contributed by atoms with E-state index in [1.54, 1.807) is 36.4 Å². The molecular weight excluding hydrogens is 296 g/mol. The number of pyridine rings is 1. The lowest BCUT2D eigenvalue weighted by Gasteiger charge is -2.04.